The fourth-order valence-corrected chi connectivity index (χ4v) is 13.7. The number of nitrogens with one attached hydrogen (secondary N) is 2. The molecule has 2 N–H and O–H groups in total. The van der Waals surface area contributed by atoms with Crippen molar-refractivity contribution in [3.8, 4) is 44.5 Å². The van der Waals surface area contributed by atoms with Gasteiger partial charge in [-0.1, -0.05) is 207 Å². The molecule has 398 valence electrons. The fourth-order valence-electron chi connectivity index (χ4n) is 13.7. The van der Waals surface area contributed by atoms with E-state index in [1.54, 1.807) is 0 Å². The van der Waals surface area contributed by atoms with Gasteiger partial charge in [0.1, 0.15) is 17.4 Å². The second-order valence-corrected chi connectivity index (χ2v) is 20.8. The van der Waals surface area contributed by atoms with E-state index in [0.29, 0.717) is 69.1 Å². The molecule has 0 bridgehead atoms. The molecule has 8 aromatic rings. The molecule has 8 aromatic carbocycles. The lowest BCUT2D eigenvalue weighted by atomic mass is 9.70. The maximum absolute atomic E-state index is 13.9. The molecule has 11 heteroatoms. The maximum Gasteiger partial charge on any atom is 0.405 e. The summed E-state index contributed by atoms with van der Waals surface area (Å²) < 4.78 is 51.7. The van der Waals surface area contributed by atoms with E-state index in [-0.39, 0.29) is 5.91 Å². The third kappa shape index (κ3) is 8.71. The van der Waals surface area contributed by atoms with Gasteiger partial charge in [-0.05, 0) is 112 Å². The molecule has 4 aliphatic carbocycles. The highest BCUT2D eigenvalue weighted by molar-refractivity contribution is 6.02. The fraction of sp³-hybridized carbons (Fsp3) is 0.235. The Bertz CT molecular complexity index is 3330. The summed E-state index contributed by atoms with van der Waals surface area (Å²) >= 11 is 0. The van der Waals surface area contributed by atoms with Gasteiger partial charge in [0.25, 0.3) is 12.9 Å². The molecule has 0 heterocycles. The molecule has 0 atom stereocenters. The molecule has 0 unspecified atom stereocenters. The normalized spacial score (nSPS) is 15.2. The number of benzene rings is 8. The largest absolute Gasteiger partial charge is 0.451 e. The van der Waals surface area contributed by atoms with Crippen LogP contribution >= 0.6 is 0 Å². The van der Waals surface area contributed by atoms with Gasteiger partial charge < -0.3 is 20.1 Å². The zero-order chi connectivity index (χ0) is 54.8. The molecule has 0 aromatic heterocycles. The van der Waals surface area contributed by atoms with E-state index in [1.807, 2.05) is 153 Å². The van der Waals surface area contributed by atoms with Crippen molar-refractivity contribution in [1.29, 1.82) is 0 Å². The van der Waals surface area contributed by atoms with Crippen molar-refractivity contribution in [2.24, 2.45) is 0 Å². The minimum absolute atomic E-state index is 0.0680. The number of hydrogen-bond acceptors (Lipinski definition) is 6. The van der Waals surface area contributed by atoms with Crippen molar-refractivity contribution in [1.82, 2.24) is 10.6 Å². The maximum atomic E-state index is 13.9. The Kier molecular flexibility index (Phi) is 14.2. The van der Waals surface area contributed by atoms with Crippen LogP contribution in [0.4, 0.5) is 13.2 Å². The minimum atomic E-state index is -4.53. The van der Waals surface area contributed by atoms with Crippen LogP contribution < -0.4 is 10.6 Å². The number of amides is 2. The standard InChI is InChI=1S/C36H33F3N2O2.C32H26O4/c1-2-40-32(42)34(28-17-7-3-13-24(28)25-14-4-8-18-29(25)34)21-11-12-22-35(33(43)41-23-36(37,38)39)30-19-9-5-15-26(30)27-16-6-10-20-31(27)35;33-21-35-31(27-15-5-1-11-23(27)24-12-2-6-16-28(24)31)19-9-10-20-32(36-22-34)29-17-7-3-13-25(29)26-14-4-8-18-30(26)32/h3-10,13-20H,2,11-12,21-23H2,1H3,(H,40,42)(H,41,43);1-8,11-18,21-22H,9-10,19-20H2. The van der Waals surface area contributed by atoms with E-state index in [9.17, 15) is 32.3 Å². The molecule has 0 fully saturated rings. The van der Waals surface area contributed by atoms with E-state index in [1.165, 1.54) is 0 Å². The van der Waals surface area contributed by atoms with Gasteiger partial charge in [0.15, 0.2) is 11.2 Å². The first-order chi connectivity index (χ1) is 38.5. The zero-order valence-electron chi connectivity index (χ0n) is 43.8. The number of likely N-dealkylation sites (N-methyl/N-ethyl adjacent to an activating group) is 1. The van der Waals surface area contributed by atoms with Crippen molar-refractivity contribution in [3.05, 3.63) is 239 Å². The Hall–Kier alpha value is -8.57. The first-order valence-corrected chi connectivity index (χ1v) is 27.1. The first-order valence-electron chi connectivity index (χ1n) is 27.1. The highest BCUT2D eigenvalue weighted by atomic mass is 19.4. The van der Waals surface area contributed by atoms with Gasteiger partial charge in [0, 0.05) is 28.8 Å². The minimum Gasteiger partial charge on any atom is -0.451 e. The van der Waals surface area contributed by atoms with Crippen LogP contribution in [0.2, 0.25) is 0 Å². The Balaban J connectivity index is 0.000000170. The van der Waals surface area contributed by atoms with Gasteiger partial charge in [0.2, 0.25) is 11.8 Å². The van der Waals surface area contributed by atoms with E-state index in [0.717, 1.165) is 90.7 Å². The van der Waals surface area contributed by atoms with E-state index in [4.69, 9.17) is 9.47 Å². The molecular weight excluding hydrogens is 998 g/mol. The SMILES string of the molecule is CCNC(=O)C1(CCCCC2(C(=O)NCC(F)(F)F)c3ccccc3-c3ccccc32)c2ccccc2-c2ccccc21.O=COC1(CCCCC2(OC=O)c3ccccc3-c3ccccc32)c2ccccc2-c2ccccc21. The van der Waals surface area contributed by atoms with E-state index >= 15 is 0 Å². The highest BCUT2D eigenvalue weighted by Gasteiger charge is 2.52. The summed E-state index contributed by atoms with van der Waals surface area (Å²) in [6, 6.07) is 63.5. The van der Waals surface area contributed by atoms with E-state index < -0.39 is 40.7 Å². The zero-order valence-corrected chi connectivity index (χ0v) is 43.8. The quantitative estimate of drug-likeness (QED) is 0.0654. The highest BCUT2D eigenvalue weighted by Crippen LogP contribution is 2.57. The van der Waals surface area contributed by atoms with Gasteiger partial charge in [-0.25, -0.2) is 0 Å². The van der Waals surface area contributed by atoms with Crippen LogP contribution in [0.5, 0.6) is 0 Å². The van der Waals surface area contributed by atoms with Crippen molar-refractivity contribution < 1.29 is 41.8 Å². The molecule has 0 radical (unpaired) electrons. The molecular formula is C68H59F3N2O6. The lowest BCUT2D eigenvalue weighted by Gasteiger charge is -2.33. The Labute approximate surface area is 458 Å². The number of halogens is 3. The van der Waals surface area contributed by atoms with Crippen molar-refractivity contribution in [3.63, 3.8) is 0 Å². The lowest BCUT2D eigenvalue weighted by Crippen LogP contribution is -2.47. The predicted molar refractivity (Wildman–Crippen MR) is 300 cm³/mol. The van der Waals surface area contributed by atoms with Crippen LogP contribution in [-0.2, 0) is 50.7 Å². The van der Waals surface area contributed by atoms with Gasteiger partial charge in [0.05, 0.1) is 0 Å². The second-order valence-electron chi connectivity index (χ2n) is 20.8. The van der Waals surface area contributed by atoms with Gasteiger partial charge in [-0.3, -0.25) is 19.2 Å². The number of ether oxygens (including phenoxy) is 2. The summed E-state index contributed by atoms with van der Waals surface area (Å²) in [4.78, 5) is 51.4. The number of alkyl halides is 3. The second kappa shape index (κ2) is 21.3. The number of rotatable bonds is 18. The van der Waals surface area contributed by atoms with E-state index in [2.05, 4.69) is 59.2 Å². The summed E-state index contributed by atoms with van der Waals surface area (Å²) in [5.74, 6) is -0.723. The third-order valence-electron chi connectivity index (χ3n) is 16.9. The molecule has 8 nitrogen and oxygen atoms in total. The van der Waals surface area contributed by atoms with Gasteiger partial charge in [-0.15, -0.1) is 0 Å². The Morgan fingerprint density at radius 2 is 0.633 bits per heavy atom. The molecule has 0 saturated carbocycles. The van der Waals surface area contributed by atoms with Gasteiger partial charge >= 0.3 is 6.18 Å². The van der Waals surface area contributed by atoms with Crippen LogP contribution in [-0.4, -0.2) is 44.0 Å². The van der Waals surface area contributed by atoms with Gasteiger partial charge in [-0.2, -0.15) is 13.2 Å². The number of fused-ring (bicyclic) bond motifs is 12. The van der Waals surface area contributed by atoms with Crippen molar-refractivity contribution in [2.75, 3.05) is 13.1 Å². The lowest BCUT2D eigenvalue weighted by molar-refractivity contribution is -0.143. The third-order valence-corrected chi connectivity index (χ3v) is 16.9. The number of unbranched alkanes of at least 4 members (excludes halogenated alkanes) is 2. The number of hydrogen-bond donors (Lipinski definition) is 2. The topological polar surface area (TPSA) is 111 Å². The van der Waals surface area contributed by atoms with Crippen LogP contribution in [0.3, 0.4) is 0 Å². The number of carbonyl (C=O) groups excluding carboxylic acids is 4. The molecule has 0 spiro atoms. The summed E-state index contributed by atoms with van der Waals surface area (Å²) in [5.41, 5.74) is 11.8. The first kappa shape index (κ1) is 52.5. The average Bonchev–Trinajstić information content (AvgIpc) is 4.33. The molecule has 79 heavy (non-hydrogen) atoms. The monoisotopic (exact) mass is 1060 g/mol. The van der Waals surface area contributed by atoms with Crippen LogP contribution in [0.25, 0.3) is 44.5 Å². The predicted octanol–water partition coefficient (Wildman–Crippen LogP) is 14.0. The van der Waals surface area contributed by atoms with Crippen molar-refractivity contribution in [2.45, 2.75) is 86.5 Å². The molecule has 4 aliphatic rings. The Morgan fingerprint density at radius 3 is 0.899 bits per heavy atom. The van der Waals surface area contributed by atoms with Crippen LogP contribution in [0.15, 0.2) is 194 Å². The molecule has 0 saturated heterocycles. The Morgan fingerprint density at radius 1 is 0.392 bits per heavy atom. The van der Waals surface area contributed by atoms with Crippen LogP contribution in [0, 0.1) is 0 Å². The number of carbonyl (C=O) groups is 4. The average molecular weight is 1060 g/mol. The molecule has 0 aliphatic heterocycles. The summed E-state index contributed by atoms with van der Waals surface area (Å²) in [6.45, 7) is 2.13. The smallest absolute Gasteiger partial charge is 0.405 e. The molecule has 2 amide bonds. The van der Waals surface area contributed by atoms with Crippen LogP contribution in [0.1, 0.15) is 103 Å². The molecule has 12 rings (SSSR count). The summed E-state index contributed by atoms with van der Waals surface area (Å²) in [5, 5.41) is 5.27. The summed E-state index contributed by atoms with van der Waals surface area (Å²) in [7, 11) is 0. The van der Waals surface area contributed by atoms with Crippen molar-refractivity contribution >= 4 is 24.8 Å². The summed E-state index contributed by atoms with van der Waals surface area (Å²) in [6.07, 6.45) is 0.217.